The van der Waals surface area contributed by atoms with Crippen LogP contribution in [0.4, 0.5) is 0 Å². The molecule has 0 radical (unpaired) electrons. The maximum Gasteiger partial charge on any atom is 0.309 e. The molecule has 2 rings (SSSR count). The summed E-state index contributed by atoms with van der Waals surface area (Å²) in [4.78, 5) is 30.4. The number of piperidine rings is 1. The molecule has 9 heteroatoms. The molecule has 1 heterocycles. The van der Waals surface area contributed by atoms with Gasteiger partial charge in [0.2, 0.25) is 0 Å². The molecule has 1 aromatic carbocycles. The van der Waals surface area contributed by atoms with Crippen LogP contribution in [0.25, 0.3) is 0 Å². The van der Waals surface area contributed by atoms with Crippen molar-refractivity contribution in [3.63, 3.8) is 0 Å². The van der Waals surface area contributed by atoms with Crippen molar-refractivity contribution in [1.29, 1.82) is 0 Å². The van der Waals surface area contributed by atoms with Gasteiger partial charge in [0.15, 0.2) is 5.96 Å². The van der Waals surface area contributed by atoms with Crippen LogP contribution < -0.4 is 10.6 Å². The number of halogens is 2. The van der Waals surface area contributed by atoms with E-state index < -0.39 is 0 Å². The van der Waals surface area contributed by atoms with Crippen molar-refractivity contribution in [2.45, 2.75) is 19.8 Å². The van der Waals surface area contributed by atoms with E-state index in [0.29, 0.717) is 30.3 Å². The van der Waals surface area contributed by atoms with Crippen molar-refractivity contribution in [3.05, 3.63) is 34.9 Å². The van der Waals surface area contributed by atoms with E-state index in [1.165, 1.54) is 0 Å². The second-order valence-electron chi connectivity index (χ2n) is 6.22. The number of likely N-dealkylation sites (tertiary alicyclic amines) is 1. The number of esters is 1. The van der Waals surface area contributed by atoms with Gasteiger partial charge in [-0.25, -0.2) is 0 Å². The fraction of sp³-hybridized carbons (Fsp3) is 0.526. The molecule has 0 atom stereocenters. The molecular weight excluding hydrogens is 495 g/mol. The number of hydrogen-bond acceptors (Lipinski definition) is 4. The van der Waals surface area contributed by atoms with Crippen LogP contribution in [0.2, 0.25) is 5.02 Å². The molecule has 0 spiro atoms. The summed E-state index contributed by atoms with van der Waals surface area (Å²) < 4.78 is 5.10. The Labute approximate surface area is 188 Å². The molecule has 156 valence electrons. The van der Waals surface area contributed by atoms with Crippen LogP contribution in [0.1, 0.15) is 30.1 Å². The number of aliphatic imine (C=N–C) groups is 1. The van der Waals surface area contributed by atoms with Crippen LogP contribution in [0.3, 0.4) is 0 Å². The molecule has 2 N–H and O–H groups in total. The largest absolute Gasteiger partial charge is 0.466 e. The predicted molar refractivity (Wildman–Crippen MR) is 121 cm³/mol. The van der Waals surface area contributed by atoms with Crippen LogP contribution >= 0.6 is 35.6 Å². The van der Waals surface area contributed by atoms with Crippen LogP contribution in [0.15, 0.2) is 29.3 Å². The standard InChI is InChI=1S/C19H27ClN4O3.HI/c1-3-27-18(26)14-8-12-24(13-9-14)19(21-2)23-11-10-22-17(25)15-6-4-5-7-16(15)20;/h4-7,14H,3,8-13H2,1-2H3,(H,21,23)(H,22,25);1H. The van der Waals surface area contributed by atoms with Gasteiger partial charge in [0, 0.05) is 33.2 Å². The average molecular weight is 523 g/mol. The zero-order valence-corrected chi connectivity index (χ0v) is 19.3. The van der Waals surface area contributed by atoms with Gasteiger partial charge >= 0.3 is 5.97 Å². The molecule has 0 unspecified atom stereocenters. The summed E-state index contributed by atoms with van der Waals surface area (Å²) in [5, 5.41) is 6.51. The Morgan fingerprint density at radius 2 is 1.86 bits per heavy atom. The van der Waals surface area contributed by atoms with Gasteiger partial charge < -0.3 is 20.3 Å². The lowest BCUT2D eigenvalue weighted by molar-refractivity contribution is -0.149. The zero-order valence-electron chi connectivity index (χ0n) is 16.2. The molecule has 1 fully saturated rings. The highest BCUT2D eigenvalue weighted by molar-refractivity contribution is 14.0. The Morgan fingerprint density at radius 1 is 1.21 bits per heavy atom. The number of hydrogen-bond donors (Lipinski definition) is 2. The van der Waals surface area contributed by atoms with Gasteiger partial charge in [0.1, 0.15) is 0 Å². The molecule has 28 heavy (non-hydrogen) atoms. The molecule has 1 aliphatic rings. The maximum absolute atomic E-state index is 12.1. The maximum atomic E-state index is 12.1. The minimum absolute atomic E-state index is 0. The first-order chi connectivity index (χ1) is 13.1. The fourth-order valence-corrected chi connectivity index (χ4v) is 3.23. The lowest BCUT2D eigenvalue weighted by Gasteiger charge is -2.33. The minimum atomic E-state index is -0.201. The van der Waals surface area contributed by atoms with Crippen molar-refractivity contribution >= 4 is 53.4 Å². The zero-order chi connectivity index (χ0) is 19.6. The molecule has 0 aliphatic carbocycles. The Hall–Kier alpha value is -1.55. The van der Waals surface area contributed by atoms with Gasteiger partial charge in [-0.2, -0.15) is 0 Å². The van der Waals surface area contributed by atoms with Crippen molar-refractivity contribution in [2.24, 2.45) is 10.9 Å². The summed E-state index contributed by atoms with van der Waals surface area (Å²) in [7, 11) is 1.72. The molecule has 1 aromatic rings. The highest BCUT2D eigenvalue weighted by Crippen LogP contribution is 2.18. The quantitative estimate of drug-likeness (QED) is 0.197. The molecule has 7 nitrogen and oxygen atoms in total. The highest BCUT2D eigenvalue weighted by Gasteiger charge is 2.27. The van der Waals surface area contributed by atoms with Crippen LogP contribution in [0.5, 0.6) is 0 Å². The third-order valence-corrected chi connectivity index (χ3v) is 4.77. The van der Waals surface area contributed by atoms with Crippen molar-refractivity contribution in [2.75, 3.05) is 39.8 Å². The molecule has 0 saturated carbocycles. The van der Waals surface area contributed by atoms with Crippen molar-refractivity contribution in [1.82, 2.24) is 15.5 Å². The first kappa shape index (κ1) is 24.5. The minimum Gasteiger partial charge on any atom is -0.466 e. The van der Waals surface area contributed by atoms with Gasteiger partial charge in [0.25, 0.3) is 5.91 Å². The number of guanidine groups is 1. The van der Waals surface area contributed by atoms with Crippen LogP contribution in [0, 0.1) is 5.92 Å². The number of nitrogens with one attached hydrogen (secondary N) is 2. The molecule has 1 saturated heterocycles. The summed E-state index contributed by atoms with van der Waals surface area (Å²) in [6.45, 7) is 4.72. The number of nitrogens with zero attached hydrogens (tertiary/aromatic N) is 2. The summed E-state index contributed by atoms with van der Waals surface area (Å²) in [6, 6.07) is 6.95. The van der Waals surface area contributed by atoms with Gasteiger partial charge in [-0.1, -0.05) is 23.7 Å². The molecule has 1 amide bonds. The third kappa shape index (κ3) is 7.12. The van der Waals surface area contributed by atoms with Gasteiger partial charge in [-0.3, -0.25) is 14.6 Å². The Balaban J connectivity index is 0.00000392. The second kappa shape index (κ2) is 12.8. The number of amides is 1. The predicted octanol–water partition coefficient (Wildman–Crippen LogP) is 2.54. The van der Waals surface area contributed by atoms with Gasteiger partial charge in [-0.05, 0) is 31.9 Å². The van der Waals surface area contributed by atoms with E-state index >= 15 is 0 Å². The van der Waals surface area contributed by atoms with E-state index in [0.717, 1.165) is 31.9 Å². The number of carbonyl (C=O) groups is 2. The van der Waals surface area contributed by atoms with Crippen molar-refractivity contribution in [3.8, 4) is 0 Å². The Bertz CT molecular complexity index is 679. The van der Waals surface area contributed by atoms with E-state index in [-0.39, 0.29) is 41.8 Å². The smallest absolute Gasteiger partial charge is 0.309 e. The fourth-order valence-electron chi connectivity index (χ4n) is 3.01. The molecule has 0 aromatic heterocycles. The Kier molecular flexibility index (Phi) is 11.2. The van der Waals surface area contributed by atoms with E-state index in [2.05, 4.69) is 20.5 Å². The summed E-state index contributed by atoms with van der Waals surface area (Å²) in [5.41, 5.74) is 0.463. The highest BCUT2D eigenvalue weighted by atomic mass is 127. The van der Waals surface area contributed by atoms with E-state index in [9.17, 15) is 9.59 Å². The SMILES string of the molecule is CCOC(=O)C1CCN(C(=NC)NCCNC(=O)c2ccccc2Cl)CC1.I. The summed E-state index contributed by atoms with van der Waals surface area (Å²) in [6.07, 6.45) is 1.51. The normalized spacial score (nSPS) is 14.8. The van der Waals surface area contributed by atoms with Gasteiger partial charge in [-0.15, -0.1) is 24.0 Å². The van der Waals surface area contributed by atoms with Crippen LogP contribution in [-0.4, -0.2) is 62.6 Å². The third-order valence-electron chi connectivity index (χ3n) is 4.44. The number of rotatable bonds is 6. The lowest BCUT2D eigenvalue weighted by atomic mass is 9.97. The van der Waals surface area contributed by atoms with Crippen molar-refractivity contribution < 1.29 is 14.3 Å². The number of carbonyl (C=O) groups excluding carboxylic acids is 2. The van der Waals surface area contributed by atoms with Gasteiger partial charge in [0.05, 0.1) is 23.1 Å². The number of benzene rings is 1. The Morgan fingerprint density at radius 3 is 2.46 bits per heavy atom. The summed E-state index contributed by atoms with van der Waals surface area (Å²) >= 11 is 6.02. The monoisotopic (exact) mass is 522 g/mol. The van der Waals surface area contributed by atoms with E-state index in [1.807, 2.05) is 6.92 Å². The average Bonchev–Trinajstić information content (AvgIpc) is 2.68. The first-order valence-corrected chi connectivity index (χ1v) is 9.59. The van der Waals surface area contributed by atoms with E-state index in [4.69, 9.17) is 16.3 Å². The first-order valence-electron chi connectivity index (χ1n) is 9.21. The topological polar surface area (TPSA) is 83.0 Å². The lowest BCUT2D eigenvalue weighted by Crippen LogP contribution is -2.48. The second-order valence-corrected chi connectivity index (χ2v) is 6.63. The van der Waals surface area contributed by atoms with E-state index in [1.54, 1.807) is 31.3 Å². The number of ether oxygens (including phenoxy) is 1. The molecule has 0 bridgehead atoms. The molecule has 1 aliphatic heterocycles. The summed E-state index contributed by atoms with van der Waals surface area (Å²) in [5.74, 6) is 0.425. The van der Waals surface area contributed by atoms with Crippen LogP contribution in [-0.2, 0) is 9.53 Å². The molecular formula is C19H28ClIN4O3.